The predicted octanol–water partition coefficient (Wildman–Crippen LogP) is 4.71. The first-order valence-corrected chi connectivity index (χ1v) is 10.8. The fraction of sp³-hybridized carbons (Fsp3) is 0.400. The Balaban J connectivity index is 2.26. The van der Waals surface area contributed by atoms with Crippen molar-refractivity contribution in [2.45, 2.75) is 56.9 Å². The van der Waals surface area contributed by atoms with E-state index >= 15 is 0 Å². The normalized spacial score (nSPS) is 19.1. The summed E-state index contributed by atoms with van der Waals surface area (Å²) in [4.78, 5) is 28.5. The van der Waals surface area contributed by atoms with E-state index in [1.807, 2.05) is 6.07 Å². The third-order valence-corrected chi connectivity index (χ3v) is 5.92. The van der Waals surface area contributed by atoms with Crippen LogP contribution >= 0.6 is 0 Å². The van der Waals surface area contributed by atoms with E-state index in [0.29, 0.717) is 11.1 Å². The number of likely N-dealkylation sites (tertiary alicyclic amines) is 1. The van der Waals surface area contributed by atoms with Crippen LogP contribution in [0.25, 0.3) is 0 Å². The SMILES string of the molecule is CC(C)(C)N(C(=O)O)[C@H](C(=O)N1CC(F)CC1C#N)C(c1ccc(F)cc1)c1ccc(F)cc1. The Hall–Kier alpha value is -3.54. The lowest BCUT2D eigenvalue weighted by Crippen LogP contribution is -2.60. The van der Waals surface area contributed by atoms with Gasteiger partial charge in [-0.25, -0.2) is 18.0 Å². The molecule has 2 amide bonds. The lowest BCUT2D eigenvalue weighted by atomic mass is 9.82. The van der Waals surface area contributed by atoms with Crippen molar-refractivity contribution >= 4 is 12.0 Å². The molecule has 9 heteroatoms. The van der Waals surface area contributed by atoms with E-state index in [-0.39, 0.29) is 13.0 Å². The van der Waals surface area contributed by atoms with Gasteiger partial charge in [-0.05, 0) is 56.2 Å². The fourth-order valence-corrected chi connectivity index (χ4v) is 4.44. The molecule has 6 nitrogen and oxygen atoms in total. The zero-order chi connectivity index (χ0) is 25.2. The van der Waals surface area contributed by atoms with Gasteiger partial charge in [0.05, 0.1) is 12.6 Å². The predicted molar refractivity (Wildman–Crippen MR) is 119 cm³/mol. The Labute approximate surface area is 196 Å². The van der Waals surface area contributed by atoms with Gasteiger partial charge in [-0.3, -0.25) is 9.69 Å². The minimum Gasteiger partial charge on any atom is -0.465 e. The first kappa shape index (κ1) is 25.1. The molecular weight excluding hydrogens is 447 g/mol. The molecule has 2 aromatic carbocycles. The Bertz CT molecular complexity index is 1030. The summed E-state index contributed by atoms with van der Waals surface area (Å²) < 4.78 is 41.6. The number of carboxylic acid groups (broad SMARTS) is 1. The largest absolute Gasteiger partial charge is 0.465 e. The maximum atomic E-state index is 14.2. The first-order chi connectivity index (χ1) is 15.9. The van der Waals surface area contributed by atoms with Crippen LogP contribution in [-0.4, -0.2) is 57.2 Å². The zero-order valence-corrected chi connectivity index (χ0v) is 19.1. The quantitative estimate of drug-likeness (QED) is 0.682. The number of hydrogen-bond donors (Lipinski definition) is 1. The Kier molecular flexibility index (Phi) is 7.20. The summed E-state index contributed by atoms with van der Waals surface area (Å²) in [6.45, 7) is 4.48. The van der Waals surface area contributed by atoms with Crippen LogP contribution in [0.3, 0.4) is 0 Å². The van der Waals surface area contributed by atoms with Crippen LogP contribution in [0.4, 0.5) is 18.0 Å². The van der Waals surface area contributed by atoms with Crippen molar-refractivity contribution in [3.05, 3.63) is 71.3 Å². The molecule has 0 bridgehead atoms. The van der Waals surface area contributed by atoms with Gasteiger partial charge in [-0.1, -0.05) is 24.3 Å². The highest BCUT2D eigenvalue weighted by atomic mass is 19.1. The molecule has 1 aliphatic rings. The van der Waals surface area contributed by atoms with Gasteiger partial charge < -0.3 is 10.0 Å². The molecule has 180 valence electrons. The highest BCUT2D eigenvalue weighted by Crippen LogP contribution is 2.37. The molecule has 0 aromatic heterocycles. The number of benzene rings is 2. The number of nitriles is 1. The van der Waals surface area contributed by atoms with Crippen molar-refractivity contribution < 1.29 is 27.9 Å². The monoisotopic (exact) mass is 473 g/mol. The Morgan fingerprint density at radius 1 is 1.06 bits per heavy atom. The van der Waals surface area contributed by atoms with Gasteiger partial charge in [0.25, 0.3) is 0 Å². The second kappa shape index (κ2) is 9.75. The second-order valence-electron chi connectivity index (χ2n) is 9.32. The molecule has 0 radical (unpaired) electrons. The van der Waals surface area contributed by atoms with Crippen molar-refractivity contribution in [2.75, 3.05) is 6.54 Å². The van der Waals surface area contributed by atoms with E-state index in [0.717, 1.165) is 9.80 Å². The number of nitrogens with zero attached hydrogens (tertiary/aromatic N) is 3. The number of carbonyl (C=O) groups excluding carboxylic acids is 1. The molecule has 2 unspecified atom stereocenters. The van der Waals surface area contributed by atoms with Gasteiger partial charge in [0, 0.05) is 17.9 Å². The van der Waals surface area contributed by atoms with Gasteiger partial charge in [-0.15, -0.1) is 0 Å². The van der Waals surface area contributed by atoms with Crippen LogP contribution < -0.4 is 0 Å². The number of carbonyl (C=O) groups is 2. The summed E-state index contributed by atoms with van der Waals surface area (Å²) in [6, 6.07) is 9.87. The third kappa shape index (κ3) is 5.16. The van der Waals surface area contributed by atoms with E-state index in [9.17, 15) is 33.1 Å². The minimum atomic E-state index is -1.44. The molecule has 0 saturated carbocycles. The summed E-state index contributed by atoms with van der Waals surface area (Å²) in [6.07, 6.45) is -2.99. The van der Waals surface area contributed by atoms with E-state index in [2.05, 4.69) is 0 Å². The van der Waals surface area contributed by atoms with Gasteiger partial charge >= 0.3 is 6.09 Å². The van der Waals surface area contributed by atoms with Crippen LogP contribution in [0.1, 0.15) is 44.2 Å². The van der Waals surface area contributed by atoms with Crippen molar-refractivity contribution in [1.29, 1.82) is 5.26 Å². The maximum absolute atomic E-state index is 14.2. The van der Waals surface area contributed by atoms with Crippen LogP contribution in [0.5, 0.6) is 0 Å². The molecule has 1 heterocycles. The van der Waals surface area contributed by atoms with Gasteiger partial charge in [0.1, 0.15) is 29.9 Å². The number of hydrogen-bond acceptors (Lipinski definition) is 3. The van der Waals surface area contributed by atoms with E-state index in [1.165, 1.54) is 48.5 Å². The van der Waals surface area contributed by atoms with E-state index in [4.69, 9.17) is 0 Å². The summed E-state index contributed by atoms with van der Waals surface area (Å²) in [5.74, 6) is -2.79. The van der Waals surface area contributed by atoms with Gasteiger partial charge in [-0.2, -0.15) is 5.26 Å². The number of alkyl halides is 1. The van der Waals surface area contributed by atoms with Gasteiger partial charge in [0.15, 0.2) is 0 Å². The second-order valence-corrected chi connectivity index (χ2v) is 9.32. The highest BCUT2D eigenvalue weighted by molar-refractivity contribution is 5.88. The summed E-state index contributed by atoms with van der Waals surface area (Å²) in [5.41, 5.74) is -0.265. The third-order valence-electron chi connectivity index (χ3n) is 5.92. The molecule has 1 saturated heterocycles. The molecule has 0 spiro atoms. The molecule has 1 aliphatic heterocycles. The first-order valence-electron chi connectivity index (χ1n) is 10.8. The van der Waals surface area contributed by atoms with Crippen LogP contribution in [0.2, 0.25) is 0 Å². The van der Waals surface area contributed by atoms with Gasteiger partial charge in [0.2, 0.25) is 5.91 Å². The average molecular weight is 473 g/mol. The Morgan fingerprint density at radius 2 is 1.53 bits per heavy atom. The lowest BCUT2D eigenvalue weighted by molar-refractivity contribution is -0.139. The molecular formula is C25H26F3N3O3. The van der Waals surface area contributed by atoms with Crippen molar-refractivity contribution in [3.8, 4) is 6.07 Å². The van der Waals surface area contributed by atoms with E-state index < -0.39 is 53.3 Å². The zero-order valence-electron chi connectivity index (χ0n) is 19.1. The molecule has 34 heavy (non-hydrogen) atoms. The van der Waals surface area contributed by atoms with Crippen LogP contribution in [0.15, 0.2) is 48.5 Å². The smallest absolute Gasteiger partial charge is 0.408 e. The summed E-state index contributed by atoms with van der Waals surface area (Å²) in [7, 11) is 0. The summed E-state index contributed by atoms with van der Waals surface area (Å²) >= 11 is 0. The number of rotatable bonds is 5. The van der Waals surface area contributed by atoms with E-state index in [1.54, 1.807) is 20.8 Å². The lowest BCUT2D eigenvalue weighted by Gasteiger charge is -2.44. The molecule has 0 aliphatic carbocycles. The van der Waals surface area contributed by atoms with Crippen LogP contribution in [-0.2, 0) is 4.79 Å². The molecule has 3 rings (SSSR count). The number of amides is 2. The average Bonchev–Trinajstić information content (AvgIpc) is 3.14. The van der Waals surface area contributed by atoms with Crippen LogP contribution in [0, 0.1) is 23.0 Å². The highest BCUT2D eigenvalue weighted by Gasteiger charge is 2.48. The van der Waals surface area contributed by atoms with Crippen molar-refractivity contribution in [3.63, 3.8) is 0 Å². The molecule has 3 atom stereocenters. The molecule has 1 fully saturated rings. The number of halogens is 3. The molecule has 2 aromatic rings. The fourth-order valence-electron chi connectivity index (χ4n) is 4.44. The van der Waals surface area contributed by atoms with Crippen molar-refractivity contribution in [2.24, 2.45) is 0 Å². The standard InChI is InChI=1S/C25H26F3N3O3/c1-25(2,3)31(24(33)34)22(23(32)30-14-19(28)12-20(30)13-29)21(15-4-8-17(26)9-5-15)16-6-10-18(27)11-7-16/h4-11,19-22H,12,14H2,1-3H3,(H,33,34)/t19?,20?,22-/m0/s1. The molecule has 1 N–H and O–H groups in total. The Morgan fingerprint density at radius 3 is 1.91 bits per heavy atom. The summed E-state index contributed by atoms with van der Waals surface area (Å²) in [5, 5.41) is 19.7. The van der Waals surface area contributed by atoms with Crippen molar-refractivity contribution in [1.82, 2.24) is 9.80 Å². The topological polar surface area (TPSA) is 84.6 Å². The maximum Gasteiger partial charge on any atom is 0.408 e. The minimum absolute atomic E-state index is 0.171.